The highest BCUT2D eigenvalue weighted by Gasteiger charge is 2.39. The number of ether oxygens (including phenoxy) is 1. The van der Waals surface area contributed by atoms with E-state index < -0.39 is 5.60 Å². The third kappa shape index (κ3) is 3.21. The number of hydrogen-bond acceptors (Lipinski definition) is 3. The maximum atomic E-state index is 10.1. The van der Waals surface area contributed by atoms with Gasteiger partial charge in [0.1, 0.15) is 5.60 Å². The molecule has 0 spiro atoms. The first-order valence-corrected chi connectivity index (χ1v) is 5.07. The van der Waals surface area contributed by atoms with Gasteiger partial charge in [-0.25, -0.2) is 0 Å². The predicted molar refractivity (Wildman–Crippen MR) is 59.7 cm³/mol. The van der Waals surface area contributed by atoms with Crippen molar-refractivity contribution in [1.82, 2.24) is 5.32 Å². The number of nitrogens with one attached hydrogen (secondary N) is 1. The topological polar surface area (TPSA) is 79.9 Å². The molecule has 0 amide bonds. The summed E-state index contributed by atoms with van der Waals surface area (Å²) in [4.78, 5) is 4.07. The van der Waals surface area contributed by atoms with Crippen LogP contribution in [0.15, 0.2) is 17.6 Å². The largest absolute Gasteiger partial charge is 0.385 e. The Morgan fingerprint density at radius 2 is 2.60 bits per heavy atom. The van der Waals surface area contributed by atoms with E-state index in [1.165, 1.54) is 0 Å². The van der Waals surface area contributed by atoms with E-state index in [-0.39, 0.29) is 12.6 Å². The van der Waals surface area contributed by atoms with Crippen molar-refractivity contribution in [3.05, 3.63) is 12.7 Å². The summed E-state index contributed by atoms with van der Waals surface area (Å²) in [5.41, 5.74) is 4.71. The number of rotatable bonds is 4. The average molecular weight is 213 g/mol. The Morgan fingerprint density at radius 3 is 3.13 bits per heavy atom. The van der Waals surface area contributed by atoms with Crippen molar-refractivity contribution in [1.29, 1.82) is 0 Å². The number of nitrogens with two attached hydrogens (primary N) is 1. The van der Waals surface area contributed by atoms with Gasteiger partial charge < -0.3 is 20.9 Å². The normalized spacial score (nSPS) is 31.6. The van der Waals surface area contributed by atoms with E-state index in [9.17, 15) is 5.11 Å². The second-order valence-electron chi connectivity index (χ2n) is 3.74. The zero-order valence-corrected chi connectivity index (χ0v) is 9.07. The summed E-state index contributed by atoms with van der Waals surface area (Å²) in [6.45, 7) is 6.81. The minimum atomic E-state index is -0.875. The van der Waals surface area contributed by atoms with Gasteiger partial charge in [0.15, 0.2) is 5.96 Å². The summed E-state index contributed by atoms with van der Waals surface area (Å²) in [6.07, 6.45) is 2.11. The molecule has 1 rings (SSSR count). The van der Waals surface area contributed by atoms with E-state index in [4.69, 9.17) is 10.5 Å². The molecule has 0 saturated carbocycles. The fourth-order valence-corrected chi connectivity index (χ4v) is 1.43. The van der Waals surface area contributed by atoms with E-state index in [0.29, 0.717) is 25.5 Å². The van der Waals surface area contributed by atoms with E-state index in [0.717, 1.165) is 0 Å². The summed E-state index contributed by atoms with van der Waals surface area (Å²) >= 11 is 0. The number of aliphatic hydroxyl groups is 1. The van der Waals surface area contributed by atoms with E-state index in [2.05, 4.69) is 16.9 Å². The van der Waals surface area contributed by atoms with Crippen LogP contribution in [-0.4, -0.2) is 42.5 Å². The van der Waals surface area contributed by atoms with Crippen molar-refractivity contribution >= 4 is 5.96 Å². The Balaban J connectivity index is 2.43. The molecule has 1 aliphatic rings. The first-order valence-electron chi connectivity index (χ1n) is 5.07. The summed E-state index contributed by atoms with van der Waals surface area (Å²) in [5.74, 6) is 0.322. The molecule has 1 saturated heterocycles. The van der Waals surface area contributed by atoms with Crippen molar-refractivity contribution in [2.45, 2.75) is 25.0 Å². The van der Waals surface area contributed by atoms with Gasteiger partial charge in [-0.15, -0.1) is 6.58 Å². The van der Waals surface area contributed by atoms with Crippen LogP contribution in [0.3, 0.4) is 0 Å². The van der Waals surface area contributed by atoms with Crippen LogP contribution in [0.1, 0.15) is 13.3 Å². The first kappa shape index (κ1) is 12.0. The van der Waals surface area contributed by atoms with Gasteiger partial charge in [0.25, 0.3) is 0 Å². The monoisotopic (exact) mass is 213 g/mol. The molecule has 2 atom stereocenters. The molecule has 0 aromatic heterocycles. The van der Waals surface area contributed by atoms with Crippen LogP contribution in [0.4, 0.5) is 0 Å². The van der Waals surface area contributed by atoms with Crippen molar-refractivity contribution in [2.24, 2.45) is 10.7 Å². The van der Waals surface area contributed by atoms with Crippen LogP contribution in [0.5, 0.6) is 0 Å². The van der Waals surface area contributed by atoms with Gasteiger partial charge >= 0.3 is 0 Å². The number of aliphatic imine (C=N–C) groups is 1. The Labute approximate surface area is 90.0 Å². The molecule has 0 aromatic carbocycles. The second-order valence-corrected chi connectivity index (χ2v) is 3.74. The van der Waals surface area contributed by atoms with Crippen molar-refractivity contribution in [3.63, 3.8) is 0 Å². The zero-order chi connectivity index (χ0) is 11.3. The summed E-state index contributed by atoms with van der Waals surface area (Å²) in [6, 6.07) is 0. The highest BCUT2D eigenvalue weighted by Crippen LogP contribution is 2.25. The maximum Gasteiger partial charge on any atom is 0.188 e. The highest BCUT2D eigenvalue weighted by molar-refractivity contribution is 5.77. The molecule has 1 fully saturated rings. The summed E-state index contributed by atoms with van der Waals surface area (Å²) < 4.78 is 5.29. The van der Waals surface area contributed by atoms with Crippen molar-refractivity contribution < 1.29 is 9.84 Å². The van der Waals surface area contributed by atoms with Crippen molar-refractivity contribution in [3.8, 4) is 0 Å². The quantitative estimate of drug-likeness (QED) is 0.338. The molecule has 5 nitrogen and oxygen atoms in total. The van der Waals surface area contributed by atoms with E-state index in [1.807, 2.05) is 6.92 Å². The number of nitrogens with zero attached hydrogens (tertiary/aromatic N) is 1. The summed E-state index contributed by atoms with van der Waals surface area (Å²) in [5, 5.41) is 12.9. The molecule has 1 heterocycles. The van der Waals surface area contributed by atoms with Crippen LogP contribution in [0.25, 0.3) is 0 Å². The van der Waals surface area contributed by atoms with Crippen LogP contribution in [-0.2, 0) is 4.74 Å². The fraction of sp³-hybridized carbons (Fsp3) is 0.700. The molecule has 86 valence electrons. The zero-order valence-electron chi connectivity index (χ0n) is 9.07. The molecule has 0 aliphatic carbocycles. The third-order valence-corrected chi connectivity index (χ3v) is 2.61. The lowest BCUT2D eigenvalue weighted by Crippen LogP contribution is -2.41. The molecule has 0 aromatic rings. The fourth-order valence-electron chi connectivity index (χ4n) is 1.43. The minimum Gasteiger partial charge on any atom is -0.385 e. The molecule has 15 heavy (non-hydrogen) atoms. The standard InChI is InChI=1S/C10H19N3O2/c1-3-5-12-9(11)13-7-10(14)4-6-15-8(10)2/h3,8,14H,1,4-7H2,2H3,(H3,11,12,13). The molecule has 4 N–H and O–H groups in total. The smallest absolute Gasteiger partial charge is 0.188 e. The van der Waals surface area contributed by atoms with Crippen LogP contribution < -0.4 is 11.1 Å². The SMILES string of the molecule is C=CCNC(N)=NCC1(O)CCOC1C. The Bertz CT molecular complexity index is 255. The Morgan fingerprint density at radius 1 is 1.87 bits per heavy atom. The summed E-state index contributed by atoms with van der Waals surface area (Å²) in [7, 11) is 0. The minimum absolute atomic E-state index is 0.187. The second kappa shape index (κ2) is 5.14. The maximum absolute atomic E-state index is 10.1. The molecule has 2 unspecified atom stereocenters. The highest BCUT2D eigenvalue weighted by atomic mass is 16.5. The van der Waals surface area contributed by atoms with Gasteiger partial charge in [0.05, 0.1) is 12.6 Å². The van der Waals surface area contributed by atoms with Gasteiger partial charge in [0, 0.05) is 19.6 Å². The predicted octanol–water partition coefficient (Wildman–Crippen LogP) is -0.383. The Hall–Kier alpha value is -1.07. The Kier molecular flexibility index (Phi) is 4.11. The van der Waals surface area contributed by atoms with Gasteiger partial charge in [-0.1, -0.05) is 6.08 Å². The van der Waals surface area contributed by atoms with Gasteiger partial charge in [-0.2, -0.15) is 0 Å². The van der Waals surface area contributed by atoms with E-state index >= 15 is 0 Å². The molecule has 0 radical (unpaired) electrons. The van der Waals surface area contributed by atoms with Gasteiger partial charge in [-0.05, 0) is 6.92 Å². The number of guanidine groups is 1. The molecule has 0 bridgehead atoms. The molecular formula is C10H19N3O2. The van der Waals surface area contributed by atoms with Gasteiger partial charge in [0.2, 0.25) is 0 Å². The lowest BCUT2D eigenvalue weighted by atomic mass is 9.97. The number of hydrogen-bond donors (Lipinski definition) is 3. The molecule has 5 heteroatoms. The first-order chi connectivity index (χ1) is 7.08. The molecular weight excluding hydrogens is 194 g/mol. The third-order valence-electron chi connectivity index (χ3n) is 2.61. The van der Waals surface area contributed by atoms with Crippen LogP contribution in [0.2, 0.25) is 0 Å². The molecule has 1 aliphatic heterocycles. The van der Waals surface area contributed by atoms with Crippen LogP contribution in [0, 0.1) is 0 Å². The van der Waals surface area contributed by atoms with E-state index in [1.54, 1.807) is 6.08 Å². The van der Waals surface area contributed by atoms with Crippen LogP contribution >= 0.6 is 0 Å². The van der Waals surface area contributed by atoms with Gasteiger partial charge in [-0.3, -0.25) is 4.99 Å². The lowest BCUT2D eigenvalue weighted by molar-refractivity contribution is -0.0201. The lowest BCUT2D eigenvalue weighted by Gasteiger charge is -2.23. The van der Waals surface area contributed by atoms with Crippen molar-refractivity contribution in [2.75, 3.05) is 19.7 Å². The average Bonchev–Trinajstić information content (AvgIpc) is 2.54.